The van der Waals surface area contributed by atoms with Gasteiger partial charge in [-0.05, 0) is 19.8 Å². The summed E-state index contributed by atoms with van der Waals surface area (Å²) in [6, 6.07) is 1.48. The van der Waals surface area contributed by atoms with Gasteiger partial charge in [-0.1, -0.05) is 18.5 Å². The van der Waals surface area contributed by atoms with E-state index in [0.29, 0.717) is 5.88 Å². The number of hydrogen-bond acceptors (Lipinski definition) is 5. The van der Waals surface area contributed by atoms with E-state index in [9.17, 15) is 4.79 Å². The summed E-state index contributed by atoms with van der Waals surface area (Å²) in [6.07, 6.45) is -0.0864. The standard InChI is InChI=1S/C13H18ClN3O3/c1-6-7(2)20-8(3)11(6)12(18)17-13-15-9(14)5-10(16-13)19-4/h5-8,11H,1-4H3,(H,15,16,17,18). The third-order valence-electron chi connectivity index (χ3n) is 3.66. The molecule has 0 radical (unpaired) electrons. The highest BCUT2D eigenvalue weighted by molar-refractivity contribution is 6.29. The van der Waals surface area contributed by atoms with E-state index >= 15 is 0 Å². The highest BCUT2D eigenvalue weighted by Crippen LogP contribution is 2.32. The van der Waals surface area contributed by atoms with Crippen LogP contribution in [0.25, 0.3) is 0 Å². The summed E-state index contributed by atoms with van der Waals surface area (Å²) >= 11 is 5.85. The zero-order valence-corrected chi connectivity index (χ0v) is 12.6. The lowest BCUT2D eigenvalue weighted by Crippen LogP contribution is -2.32. The second-order valence-corrected chi connectivity index (χ2v) is 5.36. The van der Waals surface area contributed by atoms with E-state index < -0.39 is 0 Å². The Morgan fingerprint density at radius 1 is 1.35 bits per heavy atom. The van der Waals surface area contributed by atoms with Crippen LogP contribution < -0.4 is 10.1 Å². The lowest BCUT2D eigenvalue weighted by molar-refractivity contribution is -0.122. The predicted molar refractivity (Wildman–Crippen MR) is 74.9 cm³/mol. The van der Waals surface area contributed by atoms with Crippen LogP contribution in [0.1, 0.15) is 20.8 Å². The van der Waals surface area contributed by atoms with Crippen LogP contribution in [0.3, 0.4) is 0 Å². The molecule has 2 heterocycles. The number of halogens is 1. The molecule has 1 N–H and O–H groups in total. The van der Waals surface area contributed by atoms with Crippen LogP contribution in [-0.2, 0) is 9.53 Å². The molecule has 0 aromatic carbocycles. The Kier molecular flexibility index (Phi) is 4.45. The summed E-state index contributed by atoms with van der Waals surface area (Å²) in [4.78, 5) is 20.3. The van der Waals surface area contributed by atoms with Crippen molar-refractivity contribution < 1.29 is 14.3 Å². The van der Waals surface area contributed by atoms with E-state index in [1.54, 1.807) is 0 Å². The molecule has 1 fully saturated rings. The fraction of sp³-hybridized carbons (Fsp3) is 0.615. The van der Waals surface area contributed by atoms with Crippen LogP contribution in [0.2, 0.25) is 5.15 Å². The molecule has 110 valence electrons. The number of carbonyl (C=O) groups is 1. The van der Waals surface area contributed by atoms with Gasteiger partial charge in [0.1, 0.15) is 5.15 Å². The largest absolute Gasteiger partial charge is 0.481 e. The molecule has 6 nitrogen and oxygen atoms in total. The number of rotatable bonds is 3. The van der Waals surface area contributed by atoms with Crippen LogP contribution in [0.4, 0.5) is 5.95 Å². The smallest absolute Gasteiger partial charge is 0.234 e. The molecule has 2 rings (SSSR count). The molecular formula is C13H18ClN3O3. The molecule has 1 aliphatic heterocycles. The quantitative estimate of drug-likeness (QED) is 0.866. The first-order valence-corrected chi connectivity index (χ1v) is 6.85. The molecule has 0 bridgehead atoms. The molecule has 1 aromatic rings. The predicted octanol–water partition coefficient (Wildman–Crippen LogP) is 2.14. The minimum Gasteiger partial charge on any atom is -0.481 e. The Morgan fingerprint density at radius 2 is 2.05 bits per heavy atom. The van der Waals surface area contributed by atoms with Gasteiger partial charge >= 0.3 is 0 Å². The van der Waals surface area contributed by atoms with Crippen molar-refractivity contribution in [2.45, 2.75) is 33.0 Å². The first kappa shape index (κ1) is 15.0. The number of hydrogen-bond donors (Lipinski definition) is 1. The molecule has 20 heavy (non-hydrogen) atoms. The van der Waals surface area contributed by atoms with Crippen LogP contribution in [0, 0.1) is 11.8 Å². The van der Waals surface area contributed by atoms with Crippen molar-refractivity contribution in [3.05, 3.63) is 11.2 Å². The van der Waals surface area contributed by atoms with Gasteiger partial charge in [0.25, 0.3) is 0 Å². The summed E-state index contributed by atoms with van der Waals surface area (Å²) in [5.74, 6) is 0.166. The summed E-state index contributed by atoms with van der Waals surface area (Å²) < 4.78 is 10.7. The van der Waals surface area contributed by atoms with E-state index in [2.05, 4.69) is 15.3 Å². The first-order chi connectivity index (χ1) is 9.42. The first-order valence-electron chi connectivity index (χ1n) is 6.47. The second-order valence-electron chi connectivity index (χ2n) is 4.98. The maximum atomic E-state index is 12.3. The molecular weight excluding hydrogens is 282 g/mol. The highest BCUT2D eigenvalue weighted by Gasteiger charge is 2.41. The maximum absolute atomic E-state index is 12.3. The number of amides is 1. The molecule has 1 aromatic heterocycles. The molecule has 0 aliphatic carbocycles. The molecule has 7 heteroatoms. The second kappa shape index (κ2) is 5.93. The van der Waals surface area contributed by atoms with Crippen molar-refractivity contribution >= 4 is 23.5 Å². The number of carbonyl (C=O) groups excluding carboxylic acids is 1. The Morgan fingerprint density at radius 3 is 2.60 bits per heavy atom. The Labute approximate surface area is 122 Å². The minimum absolute atomic E-state index is 0.0514. The van der Waals surface area contributed by atoms with E-state index in [1.807, 2.05) is 20.8 Å². The average Bonchev–Trinajstić information content (AvgIpc) is 2.62. The van der Waals surface area contributed by atoms with E-state index in [4.69, 9.17) is 21.1 Å². The summed E-state index contributed by atoms with van der Waals surface area (Å²) in [5, 5.41) is 2.89. The van der Waals surface area contributed by atoms with Crippen LogP contribution in [0.15, 0.2) is 6.07 Å². The molecule has 1 aliphatic rings. The van der Waals surface area contributed by atoms with E-state index in [-0.39, 0.29) is 41.1 Å². The number of nitrogens with one attached hydrogen (secondary N) is 1. The van der Waals surface area contributed by atoms with Gasteiger partial charge in [-0.25, -0.2) is 4.98 Å². The van der Waals surface area contributed by atoms with Crippen LogP contribution in [0.5, 0.6) is 5.88 Å². The molecule has 1 saturated heterocycles. The molecule has 4 atom stereocenters. The third-order valence-corrected chi connectivity index (χ3v) is 3.85. The fourth-order valence-corrected chi connectivity index (χ4v) is 2.64. The van der Waals surface area contributed by atoms with Gasteiger partial charge in [0.15, 0.2) is 0 Å². The lowest BCUT2D eigenvalue weighted by atomic mass is 9.89. The number of nitrogens with zero attached hydrogens (tertiary/aromatic N) is 2. The average molecular weight is 300 g/mol. The van der Waals surface area contributed by atoms with Gasteiger partial charge in [-0.15, -0.1) is 0 Å². The normalized spacial score (nSPS) is 29.2. The van der Waals surface area contributed by atoms with Crippen molar-refractivity contribution in [1.82, 2.24) is 9.97 Å². The van der Waals surface area contributed by atoms with Crippen molar-refractivity contribution in [1.29, 1.82) is 0 Å². The number of anilines is 1. The molecule has 0 saturated carbocycles. The summed E-state index contributed by atoms with van der Waals surface area (Å²) in [5.41, 5.74) is 0. The zero-order chi connectivity index (χ0) is 14.9. The third kappa shape index (κ3) is 3.02. The zero-order valence-electron chi connectivity index (χ0n) is 11.9. The summed E-state index contributed by atoms with van der Waals surface area (Å²) in [6.45, 7) is 5.86. The maximum Gasteiger partial charge on any atom is 0.234 e. The molecule has 4 unspecified atom stereocenters. The van der Waals surface area contributed by atoms with Gasteiger partial charge in [0, 0.05) is 6.07 Å². The molecule has 0 spiro atoms. The number of aromatic nitrogens is 2. The van der Waals surface area contributed by atoms with Gasteiger partial charge in [0.2, 0.25) is 17.7 Å². The van der Waals surface area contributed by atoms with Gasteiger partial charge < -0.3 is 9.47 Å². The van der Waals surface area contributed by atoms with Gasteiger partial charge in [-0.2, -0.15) is 4.98 Å². The summed E-state index contributed by atoms with van der Waals surface area (Å²) in [7, 11) is 1.47. The topological polar surface area (TPSA) is 73.3 Å². The van der Waals surface area contributed by atoms with E-state index in [1.165, 1.54) is 13.2 Å². The number of methoxy groups -OCH3 is 1. The van der Waals surface area contributed by atoms with Crippen LogP contribution in [-0.4, -0.2) is 35.2 Å². The minimum atomic E-state index is -0.237. The van der Waals surface area contributed by atoms with Crippen molar-refractivity contribution in [3.8, 4) is 5.88 Å². The molecule has 1 amide bonds. The van der Waals surface area contributed by atoms with Crippen LogP contribution >= 0.6 is 11.6 Å². The Hall–Kier alpha value is -1.40. The Balaban J connectivity index is 2.14. The Bertz CT molecular complexity index is 512. The number of ether oxygens (including phenoxy) is 2. The fourth-order valence-electron chi connectivity index (χ4n) is 2.47. The highest BCUT2D eigenvalue weighted by atomic mass is 35.5. The lowest BCUT2D eigenvalue weighted by Gasteiger charge is -2.17. The van der Waals surface area contributed by atoms with Gasteiger partial charge in [-0.3, -0.25) is 10.1 Å². The monoisotopic (exact) mass is 299 g/mol. The van der Waals surface area contributed by atoms with Gasteiger partial charge in [0.05, 0.1) is 25.2 Å². The van der Waals surface area contributed by atoms with Crippen molar-refractivity contribution in [2.24, 2.45) is 11.8 Å². The van der Waals surface area contributed by atoms with Crippen molar-refractivity contribution in [3.63, 3.8) is 0 Å². The van der Waals surface area contributed by atoms with Crippen molar-refractivity contribution in [2.75, 3.05) is 12.4 Å². The SMILES string of the molecule is COc1cc(Cl)nc(NC(=O)C2C(C)OC(C)C2C)n1. The van der Waals surface area contributed by atoms with E-state index in [0.717, 1.165) is 0 Å².